The van der Waals surface area contributed by atoms with Crippen molar-refractivity contribution in [3.8, 4) is 0 Å². The lowest BCUT2D eigenvalue weighted by Crippen LogP contribution is -2.30. The molecule has 6 heteroatoms. The summed E-state index contributed by atoms with van der Waals surface area (Å²) < 4.78 is 9.92. The summed E-state index contributed by atoms with van der Waals surface area (Å²) in [5, 5.41) is 2.35. The summed E-state index contributed by atoms with van der Waals surface area (Å²) in [5.74, 6) is -0.840. The van der Waals surface area contributed by atoms with E-state index >= 15 is 0 Å². The van der Waals surface area contributed by atoms with E-state index in [1.165, 1.54) is 24.7 Å². The van der Waals surface area contributed by atoms with Gasteiger partial charge in [-0.3, -0.25) is 9.59 Å². The number of amides is 2. The first-order valence-electron chi connectivity index (χ1n) is 5.06. The molecule has 92 valence electrons. The van der Waals surface area contributed by atoms with Crippen molar-refractivity contribution < 1.29 is 18.4 Å². The molecule has 0 aliphatic rings. The number of furan rings is 2. The second-order valence-electron chi connectivity index (χ2n) is 3.37. The van der Waals surface area contributed by atoms with E-state index < -0.39 is 11.8 Å². The van der Waals surface area contributed by atoms with E-state index in [0.29, 0.717) is 5.76 Å². The van der Waals surface area contributed by atoms with E-state index in [-0.39, 0.29) is 11.5 Å². The second kappa shape index (κ2) is 5.05. The van der Waals surface area contributed by atoms with Gasteiger partial charge in [0.2, 0.25) is 0 Å². The van der Waals surface area contributed by atoms with Crippen molar-refractivity contribution in [1.29, 1.82) is 0 Å². The quantitative estimate of drug-likeness (QED) is 0.790. The predicted molar refractivity (Wildman–Crippen MR) is 62.1 cm³/mol. The lowest BCUT2D eigenvalue weighted by molar-refractivity contribution is -0.114. The molecule has 0 saturated heterocycles. The van der Waals surface area contributed by atoms with Gasteiger partial charge < -0.3 is 19.9 Å². The highest BCUT2D eigenvalue weighted by Gasteiger charge is 2.14. The molecule has 2 rings (SSSR count). The van der Waals surface area contributed by atoms with Gasteiger partial charge in [-0.1, -0.05) is 0 Å². The molecular formula is C12H10N2O4. The minimum atomic E-state index is -0.772. The first kappa shape index (κ1) is 11.7. The average Bonchev–Trinajstić information content (AvgIpc) is 3.00. The predicted octanol–water partition coefficient (Wildman–Crippen LogP) is 1.13. The molecule has 0 radical (unpaired) electrons. The smallest absolute Gasteiger partial charge is 0.291 e. The van der Waals surface area contributed by atoms with Crippen LogP contribution in [0.2, 0.25) is 0 Å². The fourth-order valence-electron chi connectivity index (χ4n) is 1.28. The molecule has 0 bridgehead atoms. The van der Waals surface area contributed by atoms with Crippen LogP contribution in [0.3, 0.4) is 0 Å². The van der Waals surface area contributed by atoms with Crippen molar-refractivity contribution in [2.75, 3.05) is 0 Å². The summed E-state index contributed by atoms with van der Waals surface area (Å²) in [5.41, 5.74) is 5.08. The van der Waals surface area contributed by atoms with E-state index in [1.807, 2.05) is 0 Å². The van der Waals surface area contributed by atoms with Gasteiger partial charge in [0.05, 0.1) is 12.5 Å². The maximum Gasteiger partial charge on any atom is 0.291 e. The average molecular weight is 246 g/mol. The monoisotopic (exact) mass is 246 g/mol. The first-order valence-corrected chi connectivity index (χ1v) is 5.06. The van der Waals surface area contributed by atoms with Crippen LogP contribution in [0.5, 0.6) is 0 Å². The topological polar surface area (TPSA) is 98.5 Å². The Morgan fingerprint density at radius 1 is 1.17 bits per heavy atom. The van der Waals surface area contributed by atoms with Crippen molar-refractivity contribution >= 4 is 17.9 Å². The SMILES string of the molecule is NC(=O)C(=Cc1ccco1)NC(=O)c1ccco1. The zero-order chi connectivity index (χ0) is 13.0. The van der Waals surface area contributed by atoms with Gasteiger partial charge in [0.1, 0.15) is 11.5 Å². The zero-order valence-corrected chi connectivity index (χ0v) is 9.25. The third-order valence-corrected chi connectivity index (χ3v) is 2.09. The van der Waals surface area contributed by atoms with Gasteiger partial charge in [0.15, 0.2) is 5.76 Å². The molecule has 2 heterocycles. The molecule has 0 aliphatic carbocycles. The van der Waals surface area contributed by atoms with E-state index in [0.717, 1.165) is 0 Å². The summed E-state index contributed by atoms with van der Waals surface area (Å²) in [4.78, 5) is 22.9. The van der Waals surface area contributed by atoms with Crippen LogP contribution in [-0.4, -0.2) is 11.8 Å². The van der Waals surface area contributed by atoms with Crippen LogP contribution in [0.4, 0.5) is 0 Å². The number of nitrogens with one attached hydrogen (secondary N) is 1. The summed E-state index contributed by atoms with van der Waals surface area (Å²) in [6.07, 6.45) is 4.14. The Morgan fingerprint density at radius 3 is 2.44 bits per heavy atom. The van der Waals surface area contributed by atoms with Crippen molar-refractivity contribution in [2.24, 2.45) is 5.73 Å². The van der Waals surface area contributed by atoms with Crippen LogP contribution in [0.25, 0.3) is 6.08 Å². The number of hydrogen-bond acceptors (Lipinski definition) is 4. The number of hydrogen-bond donors (Lipinski definition) is 2. The maximum atomic E-state index is 11.7. The fourth-order valence-corrected chi connectivity index (χ4v) is 1.28. The number of rotatable bonds is 4. The van der Waals surface area contributed by atoms with Crippen LogP contribution < -0.4 is 11.1 Å². The van der Waals surface area contributed by atoms with Crippen LogP contribution in [0, 0.1) is 0 Å². The normalized spacial score (nSPS) is 11.2. The highest BCUT2D eigenvalue weighted by Crippen LogP contribution is 2.07. The van der Waals surface area contributed by atoms with Gasteiger partial charge in [-0.2, -0.15) is 0 Å². The molecule has 0 aromatic carbocycles. The Bertz CT molecular complexity index is 567. The summed E-state index contributed by atoms with van der Waals surface area (Å²) in [7, 11) is 0. The molecule has 0 fully saturated rings. The van der Waals surface area contributed by atoms with Gasteiger partial charge in [0.25, 0.3) is 11.8 Å². The van der Waals surface area contributed by atoms with Crippen molar-refractivity contribution in [1.82, 2.24) is 5.32 Å². The van der Waals surface area contributed by atoms with Crippen LogP contribution in [0.15, 0.2) is 51.3 Å². The highest BCUT2D eigenvalue weighted by atomic mass is 16.3. The van der Waals surface area contributed by atoms with Crippen LogP contribution in [0.1, 0.15) is 16.3 Å². The minimum Gasteiger partial charge on any atom is -0.465 e. The summed E-state index contributed by atoms with van der Waals surface area (Å²) >= 11 is 0. The number of carbonyl (C=O) groups is 2. The third-order valence-electron chi connectivity index (χ3n) is 2.09. The molecule has 18 heavy (non-hydrogen) atoms. The molecule has 2 amide bonds. The summed E-state index contributed by atoms with van der Waals surface area (Å²) in [6, 6.07) is 6.32. The Kier molecular flexibility index (Phi) is 3.29. The van der Waals surface area contributed by atoms with E-state index in [4.69, 9.17) is 14.6 Å². The van der Waals surface area contributed by atoms with Gasteiger partial charge in [0, 0.05) is 6.08 Å². The lowest BCUT2D eigenvalue weighted by Gasteiger charge is -2.03. The molecule has 2 aromatic rings. The highest BCUT2D eigenvalue weighted by molar-refractivity contribution is 6.03. The Hall–Kier alpha value is -2.76. The number of carbonyl (C=O) groups excluding carboxylic acids is 2. The van der Waals surface area contributed by atoms with E-state index in [9.17, 15) is 9.59 Å². The number of primary amides is 1. The maximum absolute atomic E-state index is 11.7. The van der Waals surface area contributed by atoms with Crippen molar-refractivity contribution in [2.45, 2.75) is 0 Å². The minimum absolute atomic E-state index is 0.0775. The Labute approximate surface area is 102 Å². The largest absolute Gasteiger partial charge is 0.465 e. The molecule has 0 aliphatic heterocycles. The molecule has 6 nitrogen and oxygen atoms in total. The van der Waals surface area contributed by atoms with Gasteiger partial charge in [-0.25, -0.2) is 0 Å². The Balaban J connectivity index is 2.17. The molecule has 2 aromatic heterocycles. The van der Waals surface area contributed by atoms with Crippen molar-refractivity contribution in [3.63, 3.8) is 0 Å². The van der Waals surface area contributed by atoms with E-state index in [1.54, 1.807) is 18.2 Å². The Morgan fingerprint density at radius 2 is 1.89 bits per heavy atom. The van der Waals surface area contributed by atoms with Gasteiger partial charge >= 0.3 is 0 Å². The fraction of sp³-hybridized carbons (Fsp3) is 0. The molecule has 0 saturated carbocycles. The van der Waals surface area contributed by atoms with Crippen LogP contribution in [-0.2, 0) is 4.79 Å². The standard InChI is InChI=1S/C12H10N2O4/c13-11(15)9(7-8-3-1-5-17-8)14-12(16)10-4-2-6-18-10/h1-7H,(H2,13,15)(H,14,16). The summed E-state index contributed by atoms with van der Waals surface area (Å²) in [6.45, 7) is 0. The lowest BCUT2D eigenvalue weighted by atomic mass is 10.3. The first-order chi connectivity index (χ1) is 8.66. The zero-order valence-electron chi connectivity index (χ0n) is 9.25. The molecule has 0 unspecified atom stereocenters. The van der Waals surface area contributed by atoms with Crippen molar-refractivity contribution in [3.05, 3.63) is 54.0 Å². The molecule has 0 atom stereocenters. The number of nitrogens with two attached hydrogens (primary N) is 1. The molecule has 0 spiro atoms. The molecular weight excluding hydrogens is 236 g/mol. The van der Waals surface area contributed by atoms with Gasteiger partial charge in [-0.15, -0.1) is 0 Å². The van der Waals surface area contributed by atoms with Crippen LogP contribution >= 0.6 is 0 Å². The van der Waals surface area contributed by atoms with Gasteiger partial charge in [-0.05, 0) is 24.3 Å². The van der Waals surface area contributed by atoms with E-state index in [2.05, 4.69) is 5.32 Å². The third kappa shape index (κ3) is 2.67. The molecule has 3 N–H and O–H groups in total. The second-order valence-corrected chi connectivity index (χ2v) is 3.37.